The zero-order chi connectivity index (χ0) is 24.7. The maximum Gasteiger partial charge on any atom is 0.333 e. The van der Waals surface area contributed by atoms with E-state index in [1.165, 1.54) is 0 Å². The van der Waals surface area contributed by atoms with Crippen molar-refractivity contribution in [3.63, 3.8) is 0 Å². The van der Waals surface area contributed by atoms with Crippen molar-refractivity contribution in [2.75, 3.05) is 39.6 Å². The molecule has 0 fully saturated rings. The average Bonchev–Trinajstić information content (AvgIpc) is 2.83. The van der Waals surface area contributed by atoms with Crippen molar-refractivity contribution in [2.24, 2.45) is 5.41 Å². The van der Waals surface area contributed by atoms with Gasteiger partial charge in [0.05, 0.1) is 26.4 Å². The lowest BCUT2D eigenvalue weighted by Gasteiger charge is -2.25. The Kier molecular flexibility index (Phi) is 13.6. The van der Waals surface area contributed by atoms with E-state index in [0.717, 1.165) is 12.8 Å². The summed E-state index contributed by atoms with van der Waals surface area (Å²) in [5.41, 5.74) is 0.748. The molecule has 0 N–H and O–H groups in total. The summed E-state index contributed by atoms with van der Waals surface area (Å²) in [5.74, 6) is 0.443. The van der Waals surface area contributed by atoms with Crippen molar-refractivity contribution in [1.82, 2.24) is 0 Å². The van der Waals surface area contributed by atoms with Gasteiger partial charge in [0.1, 0.15) is 19.0 Å². The highest BCUT2D eigenvalue weighted by atomic mass is 16.7. The van der Waals surface area contributed by atoms with Crippen LogP contribution in [0.4, 0.5) is 0 Å². The van der Waals surface area contributed by atoms with Crippen LogP contribution in [0, 0.1) is 5.41 Å². The summed E-state index contributed by atoms with van der Waals surface area (Å²) in [5, 5.41) is 0. The largest absolute Gasteiger partial charge is 0.491 e. The Bertz CT molecular complexity index is 723. The van der Waals surface area contributed by atoms with Crippen molar-refractivity contribution in [3.8, 4) is 5.75 Å². The van der Waals surface area contributed by atoms with E-state index in [2.05, 4.69) is 6.58 Å². The van der Waals surface area contributed by atoms with E-state index in [4.69, 9.17) is 23.7 Å². The highest BCUT2D eigenvalue weighted by molar-refractivity contribution is 6.00. The molecule has 0 bridgehead atoms. The van der Waals surface area contributed by atoms with Gasteiger partial charge < -0.3 is 23.7 Å². The first kappa shape index (κ1) is 28.8. The molecule has 1 aromatic rings. The van der Waals surface area contributed by atoms with Gasteiger partial charge in [0.2, 0.25) is 0 Å². The first-order valence-electron chi connectivity index (χ1n) is 11.7. The Morgan fingerprint density at radius 3 is 2.03 bits per heavy atom. The topological polar surface area (TPSA) is 80.3 Å². The Morgan fingerprint density at radius 2 is 1.48 bits per heavy atom. The quantitative estimate of drug-likeness (QED) is 0.0996. The second-order valence-corrected chi connectivity index (χ2v) is 8.08. The Hall–Kier alpha value is -2.22. The zero-order valence-electron chi connectivity index (χ0n) is 20.8. The normalized spacial score (nSPS) is 12.3. The van der Waals surface area contributed by atoms with Crippen LogP contribution in [0.3, 0.4) is 0 Å². The summed E-state index contributed by atoms with van der Waals surface area (Å²) in [6, 6.07) is 7.27. The molecule has 1 unspecified atom stereocenters. The number of benzene rings is 1. The zero-order valence-corrected chi connectivity index (χ0v) is 20.8. The molecule has 0 saturated heterocycles. The fourth-order valence-electron chi connectivity index (χ4n) is 2.90. The molecule has 0 aliphatic heterocycles. The third kappa shape index (κ3) is 10.5. The van der Waals surface area contributed by atoms with E-state index in [1.807, 2.05) is 52.0 Å². The van der Waals surface area contributed by atoms with Crippen LogP contribution in [0.15, 0.2) is 36.4 Å². The highest BCUT2D eigenvalue weighted by Gasteiger charge is 2.29. The monoisotopic (exact) mass is 464 g/mol. The molecule has 7 nitrogen and oxygen atoms in total. The minimum Gasteiger partial charge on any atom is -0.491 e. The van der Waals surface area contributed by atoms with Crippen LogP contribution in [0.2, 0.25) is 0 Å². The summed E-state index contributed by atoms with van der Waals surface area (Å²) in [6.45, 7) is 15.2. The fourth-order valence-corrected chi connectivity index (χ4v) is 2.90. The second kappa shape index (κ2) is 15.6. The lowest BCUT2D eigenvalue weighted by molar-refractivity contribution is -0.156. The van der Waals surface area contributed by atoms with Gasteiger partial charge in [-0.3, -0.25) is 4.79 Å². The molecule has 7 heteroatoms. The molecule has 0 spiro atoms. The standard InChI is InChI=1S/C26H40O7/c1-7-23(31-16-14-29-15-17-33-25(28)20(4)5)32-19-18-30-22-12-10-21(11-13-22)24(27)26(6,8-2)9-3/h10-13,23H,4,7-9,14-19H2,1-3,5-6H3. The van der Waals surface area contributed by atoms with Gasteiger partial charge in [0.15, 0.2) is 12.1 Å². The third-order valence-electron chi connectivity index (χ3n) is 5.56. The molecular formula is C26H40O7. The number of hydrogen-bond acceptors (Lipinski definition) is 7. The van der Waals surface area contributed by atoms with E-state index in [-0.39, 0.29) is 24.1 Å². The van der Waals surface area contributed by atoms with Gasteiger partial charge in [-0.2, -0.15) is 0 Å². The summed E-state index contributed by atoms with van der Waals surface area (Å²) in [6.07, 6.45) is 1.98. The van der Waals surface area contributed by atoms with Gasteiger partial charge >= 0.3 is 5.97 Å². The summed E-state index contributed by atoms with van der Waals surface area (Å²) < 4.78 is 27.4. The lowest BCUT2D eigenvalue weighted by atomic mass is 9.78. The van der Waals surface area contributed by atoms with Crippen molar-refractivity contribution in [1.29, 1.82) is 0 Å². The molecule has 0 saturated carbocycles. The smallest absolute Gasteiger partial charge is 0.333 e. The number of carbonyl (C=O) groups excluding carboxylic acids is 2. The lowest BCUT2D eigenvalue weighted by Crippen LogP contribution is -2.26. The van der Waals surface area contributed by atoms with E-state index < -0.39 is 5.97 Å². The van der Waals surface area contributed by atoms with Crippen LogP contribution < -0.4 is 4.74 Å². The molecule has 0 amide bonds. The predicted molar refractivity (Wildman–Crippen MR) is 128 cm³/mol. The molecule has 0 aromatic heterocycles. The van der Waals surface area contributed by atoms with Crippen LogP contribution in [0.25, 0.3) is 0 Å². The van der Waals surface area contributed by atoms with Gasteiger partial charge in [-0.05, 0) is 50.5 Å². The fraction of sp³-hybridized carbons (Fsp3) is 0.615. The molecule has 1 atom stereocenters. The van der Waals surface area contributed by atoms with Crippen LogP contribution >= 0.6 is 0 Å². The average molecular weight is 465 g/mol. The number of ether oxygens (including phenoxy) is 5. The molecule has 186 valence electrons. The number of carbonyl (C=O) groups is 2. The Balaban J connectivity index is 2.23. The van der Waals surface area contributed by atoms with Crippen molar-refractivity contribution in [3.05, 3.63) is 42.0 Å². The van der Waals surface area contributed by atoms with E-state index in [9.17, 15) is 9.59 Å². The van der Waals surface area contributed by atoms with E-state index >= 15 is 0 Å². The Morgan fingerprint density at radius 1 is 0.909 bits per heavy atom. The number of Topliss-reactive ketones (excluding diaryl/α,β-unsaturated/α-hetero) is 1. The minimum absolute atomic E-state index is 0.169. The molecule has 33 heavy (non-hydrogen) atoms. The van der Waals surface area contributed by atoms with Gasteiger partial charge in [-0.1, -0.05) is 34.3 Å². The SMILES string of the molecule is C=C(C)C(=O)OCCOCCOC(CC)OCCOc1ccc(C(=O)C(C)(CC)CC)cc1. The molecule has 0 aliphatic rings. The molecule has 0 aliphatic carbocycles. The highest BCUT2D eigenvalue weighted by Crippen LogP contribution is 2.30. The second-order valence-electron chi connectivity index (χ2n) is 8.08. The first-order valence-corrected chi connectivity index (χ1v) is 11.7. The number of esters is 1. The van der Waals surface area contributed by atoms with Crippen molar-refractivity contribution < 1.29 is 33.3 Å². The van der Waals surface area contributed by atoms with Gasteiger partial charge in [0.25, 0.3) is 0 Å². The summed E-state index contributed by atoms with van der Waals surface area (Å²) >= 11 is 0. The summed E-state index contributed by atoms with van der Waals surface area (Å²) in [7, 11) is 0. The number of hydrogen-bond donors (Lipinski definition) is 0. The van der Waals surface area contributed by atoms with E-state index in [1.54, 1.807) is 6.92 Å². The minimum atomic E-state index is -0.420. The number of rotatable bonds is 18. The van der Waals surface area contributed by atoms with Gasteiger partial charge in [0, 0.05) is 16.6 Å². The van der Waals surface area contributed by atoms with Crippen LogP contribution in [0.1, 0.15) is 64.2 Å². The van der Waals surface area contributed by atoms with E-state index in [0.29, 0.717) is 56.3 Å². The maximum atomic E-state index is 12.7. The van der Waals surface area contributed by atoms with Gasteiger partial charge in [-0.15, -0.1) is 0 Å². The molecule has 1 rings (SSSR count). The predicted octanol–water partition coefficient (Wildman–Crippen LogP) is 4.98. The Labute approximate surface area is 198 Å². The van der Waals surface area contributed by atoms with Crippen LogP contribution in [0.5, 0.6) is 5.75 Å². The molecule has 0 heterocycles. The van der Waals surface area contributed by atoms with Crippen molar-refractivity contribution >= 4 is 11.8 Å². The molecule has 1 aromatic carbocycles. The maximum absolute atomic E-state index is 12.7. The molecular weight excluding hydrogens is 424 g/mol. The van der Waals surface area contributed by atoms with Crippen molar-refractivity contribution in [2.45, 2.75) is 60.2 Å². The third-order valence-corrected chi connectivity index (χ3v) is 5.56. The summed E-state index contributed by atoms with van der Waals surface area (Å²) in [4.78, 5) is 23.9. The molecule has 0 radical (unpaired) electrons. The van der Waals surface area contributed by atoms with Gasteiger partial charge in [-0.25, -0.2) is 4.79 Å². The van der Waals surface area contributed by atoms with Crippen LogP contribution in [-0.2, 0) is 23.7 Å². The number of ketones is 1. The van der Waals surface area contributed by atoms with Crippen LogP contribution in [-0.4, -0.2) is 57.7 Å². The first-order chi connectivity index (χ1) is 15.8.